The topological polar surface area (TPSA) is 80.4 Å². The fourth-order valence-corrected chi connectivity index (χ4v) is 3.09. The lowest BCUT2D eigenvalue weighted by Gasteiger charge is -2.10. The molecule has 3 rings (SSSR count). The molecular weight excluding hydrogens is 368 g/mol. The van der Waals surface area contributed by atoms with Crippen LogP contribution in [0, 0.1) is 6.92 Å². The van der Waals surface area contributed by atoms with E-state index in [1.165, 1.54) is 0 Å². The summed E-state index contributed by atoms with van der Waals surface area (Å²) in [5.74, 6) is 0.0315. The number of nitrogens with zero attached hydrogens (tertiary/aromatic N) is 2. The van der Waals surface area contributed by atoms with Crippen molar-refractivity contribution in [2.24, 2.45) is 10.7 Å². The van der Waals surface area contributed by atoms with Crippen molar-refractivity contribution in [3.05, 3.63) is 58.6 Å². The minimum atomic E-state index is 0.0315. The molecule has 0 spiro atoms. The van der Waals surface area contributed by atoms with Crippen molar-refractivity contribution < 1.29 is 4.79 Å². The van der Waals surface area contributed by atoms with E-state index in [9.17, 15) is 4.79 Å². The summed E-state index contributed by atoms with van der Waals surface area (Å²) in [5, 5.41) is 3.20. The number of halogens is 1. The Morgan fingerprint density at radius 1 is 1.25 bits per heavy atom. The highest BCUT2D eigenvalue weighted by atomic mass is 79.9. The summed E-state index contributed by atoms with van der Waals surface area (Å²) in [6.07, 6.45) is 0.500. The third kappa shape index (κ3) is 3.14. The smallest absolute Gasteiger partial charge is 0.213 e. The van der Waals surface area contributed by atoms with Gasteiger partial charge in [0.1, 0.15) is 0 Å². The average Bonchev–Trinajstić information content (AvgIpc) is 2.55. The normalized spacial score (nSPS) is 11.5. The van der Waals surface area contributed by atoms with Crippen LogP contribution in [-0.2, 0) is 4.79 Å². The molecule has 24 heavy (non-hydrogen) atoms. The van der Waals surface area contributed by atoms with E-state index in [0.717, 1.165) is 32.2 Å². The van der Waals surface area contributed by atoms with Gasteiger partial charge < -0.3 is 5.73 Å². The second kappa shape index (κ2) is 6.80. The summed E-state index contributed by atoms with van der Waals surface area (Å²) in [6.45, 7) is 2.04. The van der Waals surface area contributed by atoms with Crippen LogP contribution in [0.1, 0.15) is 5.56 Å². The van der Waals surface area contributed by atoms with Crippen LogP contribution in [-0.4, -0.2) is 17.4 Å². The van der Waals surface area contributed by atoms with Crippen molar-refractivity contribution in [1.29, 1.82) is 0 Å². The van der Waals surface area contributed by atoms with E-state index in [1.807, 2.05) is 55.5 Å². The highest BCUT2D eigenvalue weighted by Crippen LogP contribution is 2.35. The largest absolute Gasteiger partial charge is 0.369 e. The molecule has 0 saturated carbocycles. The van der Waals surface area contributed by atoms with E-state index >= 15 is 0 Å². The number of carbonyl (C=O) groups is 1. The number of nitrogens with one attached hydrogen (secondary N) is 1. The van der Waals surface area contributed by atoms with Gasteiger partial charge in [-0.25, -0.2) is 9.98 Å². The van der Waals surface area contributed by atoms with Gasteiger partial charge in [-0.3, -0.25) is 10.1 Å². The van der Waals surface area contributed by atoms with Gasteiger partial charge in [-0.05, 0) is 30.7 Å². The quantitative estimate of drug-likeness (QED) is 0.412. The Morgan fingerprint density at radius 3 is 2.79 bits per heavy atom. The second-order valence-corrected chi connectivity index (χ2v) is 6.09. The fraction of sp³-hybridized carbons (Fsp3) is 0.0556. The van der Waals surface area contributed by atoms with Crippen LogP contribution in [0.4, 0.5) is 5.69 Å². The monoisotopic (exact) mass is 382 g/mol. The molecule has 0 unspecified atom stereocenters. The Balaban J connectivity index is 2.29. The van der Waals surface area contributed by atoms with E-state index in [4.69, 9.17) is 10.7 Å². The zero-order valence-corrected chi connectivity index (χ0v) is 14.5. The number of aliphatic imine (C=N–C) groups is 1. The molecule has 3 N–H and O–H groups in total. The van der Waals surface area contributed by atoms with Crippen molar-refractivity contribution in [3.8, 4) is 11.3 Å². The molecule has 1 heterocycles. The number of pyridine rings is 1. The van der Waals surface area contributed by atoms with E-state index in [2.05, 4.69) is 26.2 Å². The Morgan fingerprint density at radius 2 is 2.04 bits per heavy atom. The number of carbonyl (C=O) groups excluding carboxylic acids is 1. The SMILES string of the molecule is Cc1ccccc1-c1cc(N=C(N)NC=O)c2c(Br)cccc2n1. The third-order valence-corrected chi connectivity index (χ3v) is 4.29. The third-order valence-electron chi connectivity index (χ3n) is 3.63. The number of benzene rings is 2. The van der Waals surface area contributed by atoms with Crippen LogP contribution in [0.2, 0.25) is 0 Å². The molecule has 0 aliphatic heterocycles. The van der Waals surface area contributed by atoms with Gasteiger partial charge in [0.25, 0.3) is 0 Å². The van der Waals surface area contributed by atoms with E-state index in [1.54, 1.807) is 0 Å². The molecule has 0 bridgehead atoms. The zero-order chi connectivity index (χ0) is 17.1. The van der Waals surface area contributed by atoms with Crippen molar-refractivity contribution in [3.63, 3.8) is 0 Å². The lowest BCUT2D eigenvalue weighted by atomic mass is 10.0. The maximum absolute atomic E-state index is 10.6. The predicted molar refractivity (Wildman–Crippen MR) is 100 cm³/mol. The Kier molecular flexibility index (Phi) is 4.57. The molecule has 0 saturated heterocycles. The van der Waals surface area contributed by atoms with E-state index in [0.29, 0.717) is 12.1 Å². The predicted octanol–water partition coefficient (Wildman–Crippen LogP) is 3.66. The lowest BCUT2D eigenvalue weighted by Crippen LogP contribution is -2.29. The Bertz CT molecular complexity index is 953. The lowest BCUT2D eigenvalue weighted by molar-refractivity contribution is -0.108. The van der Waals surface area contributed by atoms with Crippen molar-refractivity contribution in [2.75, 3.05) is 0 Å². The first kappa shape index (κ1) is 16.1. The highest BCUT2D eigenvalue weighted by Gasteiger charge is 2.11. The number of hydrogen-bond acceptors (Lipinski definition) is 3. The number of rotatable bonds is 3. The molecule has 5 nitrogen and oxygen atoms in total. The van der Waals surface area contributed by atoms with Gasteiger partial charge in [0, 0.05) is 15.4 Å². The molecule has 0 atom stereocenters. The first-order valence-electron chi connectivity index (χ1n) is 7.30. The zero-order valence-electron chi connectivity index (χ0n) is 13.0. The molecule has 3 aromatic rings. The first-order chi connectivity index (χ1) is 11.6. The van der Waals surface area contributed by atoms with Gasteiger partial charge in [0.05, 0.1) is 16.9 Å². The number of amides is 1. The minimum Gasteiger partial charge on any atom is -0.369 e. The number of aromatic nitrogens is 1. The van der Waals surface area contributed by atoms with Crippen molar-refractivity contribution in [2.45, 2.75) is 6.92 Å². The minimum absolute atomic E-state index is 0.0315. The summed E-state index contributed by atoms with van der Waals surface area (Å²) in [5.41, 5.74) is 10.1. The molecule has 120 valence electrons. The Hall–Kier alpha value is -2.73. The number of nitrogens with two attached hydrogens (primary N) is 1. The first-order valence-corrected chi connectivity index (χ1v) is 8.09. The van der Waals surface area contributed by atoms with Gasteiger partial charge in [0.2, 0.25) is 6.41 Å². The van der Waals surface area contributed by atoms with Crippen LogP contribution in [0.25, 0.3) is 22.2 Å². The number of hydrogen-bond donors (Lipinski definition) is 2. The second-order valence-electron chi connectivity index (χ2n) is 5.23. The molecule has 0 fully saturated rings. The standard InChI is InChI=1S/C18H15BrN4O/c1-11-5-2-3-6-12(11)15-9-16(23-18(20)21-10-24)17-13(19)7-4-8-14(17)22-15/h2-10H,1H3,(H3,20,21,22,23,24). The van der Waals surface area contributed by atoms with Crippen molar-refractivity contribution >= 4 is 44.9 Å². The maximum Gasteiger partial charge on any atom is 0.213 e. The van der Waals surface area contributed by atoms with Gasteiger partial charge >= 0.3 is 0 Å². The summed E-state index contributed by atoms with van der Waals surface area (Å²) in [7, 11) is 0. The summed E-state index contributed by atoms with van der Waals surface area (Å²) < 4.78 is 0.862. The molecule has 0 aliphatic carbocycles. The van der Waals surface area contributed by atoms with Crippen LogP contribution >= 0.6 is 15.9 Å². The van der Waals surface area contributed by atoms with E-state index < -0.39 is 0 Å². The van der Waals surface area contributed by atoms with Crippen LogP contribution in [0.3, 0.4) is 0 Å². The van der Waals surface area contributed by atoms with E-state index in [-0.39, 0.29) is 5.96 Å². The summed E-state index contributed by atoms with van der Waals surface area (Å²) >= 11 is 3.53. The van der Waals surface area contributed by atoms with Gasteiger partial charge in [-0.15, -0.1) is 0 Å². The highest BCUT2D eigenvalue weighted by molar-refractivity contribution is 9.10. The molecule has 0 radical (unpaired) electrons. The molecule has 1 aromatic heterocycles. The van der Waals surface area contributed by atoms with Gasteiger partial charge in [0.15, 0.2) is 5.96 Å². The summed E-state index contributed by atoms with van der Waals surface area (Å²) in [4.78, 5) is 19.7. The van der Waals surface area contributed by atoms with Crippen LogP contribution in [0.15, 0.2) is 58.0 Å². The van der Waals surface area contributed by atoms with Crippen LogP contribution < -0.4 is 11.1 Å². The number of fused-ring (bicyclic) bond motifs is 1. The molecule has 1 amide bonds. The maximum atomic E-state index is 10.6. The van der Waals surface area contributed by atoms with Crippen molar-refractivity contribution in [1.82, 2.24) is 10.3 Å². The molecular formula is C18H15BrN4O. The number of guanidine groups is 1. The molecule has 2 aromatic carbocycles. The molecule has 0 aliphatic rings. The number of aryl methyl sites for hydroxylation is 1. The molecule has 6 heteroatoms. The average molecular weight is 383 g/mol. The van der Waals surface area contributed by atoms with Crippen LogP contribution in [0.5, 0.6) is 0 Å². The summed E-state index contributed by atoms with van der Waals surface area (Å²) in [6, 6.07) is 15.6. The van der Waals surface area contributed by atoms with Gasteiger partial charge in [-0.1, -0.05) is 46.3 Å². The Labute approximate surface area is 147 Å². The fourth-order valence-electron chi connectivity index (χ4n) is 2.53. The van der Waals surface area contributed by atoms with Gasteiger partial charge in [-0.2, -0.15) is 0 Å².